The molecular formula is C20H29N5O7S. The Morgan fingerprint density at radius 2 is 2.15 bits per heavy atom. The van der Waals surface area contributed by atoms with Crippen LogP contribution >= 0.6 is 11.8 Å². The van der Waals surface area contributed by atoms with Gasteiger partial charge in [-0.1, -0.05) is 0 Å². The lowest BCUT2D eigenvalue weighted by Crippen LogP contribution is -2.43. The number of ether oxygens (including phenoxy) is 3. The lowest BCUT2D eigenvalue weighted by molar-refractivity contribution is -0.147. The number of aliphatic hydroxyl groups excluding tert-OH is 2. The third kappa shape index (κ3) is 5.92. The number of aliphatic hydroxyl groups is 2. The van der Waals surface area contributed by atoms with E-state index in [1.165, 1.54) is 25.2 Å². The zero-order valence-electron chi connectivity index (χ0n) is 18.4. The highest BCUT2D eigenvalue weighted by Gasteiger charge is 2.44. The maximum Gasteiger partial charge on any atom is 0.328 e. The number of carbonyl (C=O) groups is 2. The second-order valence-electron chi connectivity index (χ2n) is 7.43. The van der Waals surface area contributed by atoms with Gasteiger partial charge in [0.25, 0.3) is 0 Å². The molecule has 3 rings (SSSR count). The fourth-order valence-corrected chi connectivity index (χ4v) is 4.63. The molecule has 182 valence electrons. The summed E-state index contributed by atoms with van der Waals surface area (Å²) < 4.78 is 17.3. The van der Waals surface area contributed by atoms with E-state index in [0.717, 1.165) is 0 Å². The van der Waals surface area contributed by atoms with Gasteiger partial charge in [0, 0.05) is 19.1 Å². The lowest BCUT2D eigenvalue weighted by Gasteiger charge is -2.18. The number of esters is 1. The fourth-order valence-electron chi connectivity index (χ4n) is 3.55. The van der Waals surface area contributed by atoms with Gasteiger partial charge in [0.15, 0.2) is 6.23 Å². The van der Waals surface area contributed by atoms with Crippen LogP contribution in [0, 0.1) is 0 Å². The van der Waals surface area contributed by atoms with Crippen LogP contribution in [-0.2, 0) is 23.8 Å². The summed E-state index contributed by atoms with van der Waals surface area (Å²) in [6, 6.07) is 0.923. The van der Waals surface area contributed by atoms with E-state index in [0.29, 0.717) is 34.8 Å². The number of nitrogens with one attached hydrogen (secondary N) is 1. The predicted molar refractivity (Wildman–Crippen MR) is 120 cm³/mol. The summed E-state index contributed by atoms with van der Waals surface area (Å²) >= 11 is 1.42. The minimum atomic E-state index is -1.16. The summed E-state index contributed by atoms with van der Waals surface area (Å²) in [6.07, 6.45) is -0.423. The standard InChI is InChI=1S/C20H29N5O7S/c1-3-31-20(29)12(24-14(26)8-30-2)5-7-33-9-13-15(27)16(28)19(32-13)25-6-4-11-17(21)22-10-23-18(11)25/h4,6,10,12-13,15-16,19,27-28H,3,5,7-9H2,1-2H3,(H,24,26)(H2,21,22,23)/t12-,13+,15+,16+,19+/m0/s1. The first-order valence-electron chi connectivity index (χ1n) is 10.5. The number of nitrogens with two attached hydrogens (primary N) is 1. The molecule has 2 aromatic rings. The molecule has 3 heterocycles. The van der Waals surface area contributed by atoms with Crippen molar-refractivity contribution in [3.8, 4) is 0 Å². The van der Waals surface area contributed by atoms with E-state index in [1.807, 2.05) is 0 Å². The van der Waals surface area contributed by atoms with Gasteiger partial charge in [0.05, 0.1) is 18.1 Å². The van der Waals surface area contributed by atoms with E-state index in [2.05, 4.69) is 15.3 Å². The van der Waals surface area contributed by atoms with Crippen molar-refractivity contribution in [3.05, 3.63) is 18.6 Å². The number of aromatic nitrogens is 3. The minimum Gasteiger partial charge on any atom is -0.464 e. The molecule has 0 radical (unpaired) electrons. The number of thioether (sulfide) groups is 1. The van der Waals surface area contributed by atoms with Crippen molar-refractivity contribution in [1.82, 2.24) is 19.9 Å². The van der Waals surface area contributed by atoms with E-state index in [4.69, 9.17) is 19.9 Å². The summed E-state index contributed by atoms with van der Waals surface area (Å²) in [6.45, 7) is 1.74. The maximum absolute atomic E-state index is 12.1. The van der Waals surface area contributed by atoms with Crippen LogP contribution in [0.2, 0.25) is 0 Å². The van der Waals surface area contributed by atoms with Crippen LogP contribution in [0.1, 0.15) is 19.6 Å². The highest BCUT2D eigenvalue weighted by Crippen LogP contribution is 2.34. The number of amides is 1. The number of carbonyl (C=O) groups excluding carboxylic acids is 2. The van der Waals surface area contributed by atoms with Gasteiger partial charge in [-0.2, -0.15) is 11.8 Å². The van der Waals surface area contributed by atoms with E-state index < -0.39 is 42.5 Å². The molecule has 0 spiro atoms. The SMILES string of the molecule is CCOC(=O)[C@H](CCSC[C@H]1O[C@@H](n2ccc3c(N)ncnc32)[C@H](O)[C@@H]1O)NC(=O)COC. The molecule has 1 aliphatic heterocycles. The molecule has 2 aromatic heterocycles. The minimum absolute atomic E-state index is 0.158. The van der Waals surface area contributed by atoms with Gasteiger partial charge in [-0.05, 0) is 25.2 Å². The monoisotopic (exact) mass is 483 g/mol. The van der Waals surface area contributed by atoms with Crippen LogP contribution in [0.5, 0.6) is 0 Å². The number of nitrogens with zero attached hydrogens (tertiary/aromatic N) is 3. The zero-order valence-corrected chi connectivity index (χ0v) is 19.2. The summed E-state index contributed by atoms with van der Waals surface area (Å²) in [5.41, 5.74) is 6.36. The van der Waals surface area contributed by atoms with Gasteiger partial charge in [-0.25, -0.2) is 14.8 Å². The van der Waals surface area contributed by atoms with Crippen LogP contribution in [0.4, 0.5) is 5.82 Å². The number of fused-ring (bicyclic) bond motifs is 1. The predicted octanol–water partition coefficient (Wildman–Crippen LogP) is -0.550. The van der Waals surface area contributed by atoms with Gasteiger partial charge in [0.2, 0.25) is 5.91 Å². The number of hydrogen-bond donors (Lipinski definition) is 4. The number of anilines is 1. The van der Waals surface area contributed by atoms with Crippen molar-refractivity contribution in [2.24, 2.45) is 0 Å². The molecular weight excluding hydrogens is 454 g/mol. The highest BCUT2D eigenvalue weighted by atomic mass is 32.2. The average Bonchev–Trinajstić information content (AvgIpc) is 3.33. The molecule has 0 saturated carbocycles. The van der Waals surface area contributed by atoms with E-state index >= 15 is 0 Å². The Labute approximate surface area is 194 Å². The van der Waals surface area contributed by atoms with Crippen LogP contribution < -0.4 is 11.1 Å². The Balaban J connectivity index is 1.56. The summed E-state index contributed by atoms with van der Waals surface area (Å²) in [7, 11) is 1.39. The van der Waals surface area contributed by atoms with E-state index in [9.17, 15) is 19.8 Å². The Morgan fingerprint density at radius 1 is 1.36 bits per heavy atom. The Hall–Kier alpha value is -2.45. The van der Waals surface area contributed by atoms with E-state index in [1.54, 1.807) is 23.8 Å². The maximum atomic E-state index is 12.1. The smallest absolute Gasteiger partial charge is 0.328 e. The average molecular weight is 484 g/mol. The second-order valence-corrected chi connectivity index (χ2v) is 8.58. The summed E-state index contributed by atoms with van der Waals surface area (Å²) in [4.78, 5) is 32.1. The Bertz CT molecular complexity index is 958. The zero-order chi connectivity index (χ0) is 24.0. The largest absolute Gasteiger partial charge is 0.464 e. The van der Waals surface area contributed by atoms with Crippen molar-refractivity contribution >= 4 is 40.5 Å². The lowest BCUT2D eigenvalue weighted by atomic mass is 10.1. The van der Waals surface area contributed by atoms with Crippen LogP contribution in [0.3, 0.4) is 0 Å². The summed E-state index contributed by atoms with van der Waals surface area (Å²) in [5.74, 6) is 0.237. The molecule has 1 amide bonds. The van der Waals surface area contributed by atoms with Gasteiger partial charge in [0.1, 0.15) is 42.6 Å². The molecule has 0 bridgehead atoms. The number of rotatable bonds is 11. The molecule has 5 atom stereocenters. The molecule has 1 saturated heterocycles. The van der Waals surface area contributed by atoms with Gasteiger partial charge in [-0.3, -0.25) is 4.79 Å². The number of hydrogen-bond acceptors (Lipinski definition) is 11. The molecule has 0 aliphatic carbocycles. The van der Waals surface area contributed by atoms with Crippen LogP contribution in [0.15, 0.2) is 18.6 Å². The molecule has 0 unspecified atom stereocenters. The molecule has 0 aromatic carbocycles. The van der Waals surface area contributed by atoms with Crippen molar-refractivity contribution in [3.63, 3.8) is 0 Å². The van der Waals surface area contributed by atoms with Crippen molar-refractivity contribution in [2.45, 2.75) is 43.9 Å². The first-order chi connectivity index (χ1) is 15.9. The van der Waals surface area contributed by atoms with Gasteiger partial charge in [-0.15, -0.1) is 0 Å². The van der Waals surface area contributed by atoms with Crippen molar-refractivity contribution < 1.29 is 34.0 Å². The quantitative estimate of drug-likeness (QED) is 0.239. The van der Waals surface area contributed by atoms with Crippen LogP contribution in [0.25, 0.3) is 11.0 Å². The third-order valence-corrected chi connectivity index (χ3v) is 6.25. The Morgan fingerprint density at radius 3 is 2.88 bits per heavy atom. The highest BCUT2D eigenvalue weighted by molar-refractivity contribution is 7.99. The third-order valence-electron chi connectivity index (χ3n) is 5.17. The van der Waals surface area contributed by atoms with Crippen molar-refractivity contribution in [2.75, 3.05) is 37.6 Å². The molecule has 13 heteroatoms. The molecule has 1 aliphatic rings. The topological polar surface area (TPSA) is 171 Å². The summed E-state index contributed by atoms with van der Waals surface area (Å²) in [5, 5.41) is 24.3. The van der Waals surface area contributed by atoms with Crippen LogP contribution in [-0.4, -0.2) is 92.8 Å². The molecule has 33 heavy (non-hydrogen) atoms. The molecule has 1 fully saturated rings. The fraction of sp³-hybridized carbons (Fsp3) is 0.600. The normalized spacial score (nSPS) is 23.5. The van der Waals surface area contributed by atoms with Gasteiger partial charge >= 0.3 is 5.97 Å². The Kier molecular flexibility index (Phi) is 8.86. The first-order valence-corrected chi connectivity index (χ1v) is 11.6. The first kappa shape index (κ1) is 25.2. The number of methoxy groups -OCH3 is 1. The number of nitrogen functional groups attached to an aromatic ring is 1. The molecule has 5 N–H and O–H groups in total. The van der Waals surface area contributed by atoms with Crippen molar-refractivity contribution in [1.29, 1.82) is 0 Å². The molecule has 12 nitrogen and oxygen atoms in total. The second kappa shape index (κ2) is 11.6. The van der Waals surface area contributed by atoms with Gasteiger partial charge < -0.3 is 40.0 Å². The van der Waals surface area contributed by atoms with E-state index in [-0.39, 0.29) is 13.2 Å².